The number of amides is 2. The van der Waals surface area contributed by atoms with E-state index in [9.17, 15) is 9.59 Å². The van der Waals surface area contributed by atoms with Crippen molar-refractivity contribution in [1.29, 1.82) is 0 Å². The third-order valence-electron chi connectivity index (χ3n) is 4.54. The van der Waals surface area contributed by atoms with Gasteiger partial charge in [-0.1, -0.05) is 19.3 Å². The highest BCUT2D eigenvalue weighted by Gasteiger charge is 2.26. The molecule has 0 unspecified atom stereocenters. The summed E-state index contributed by atoms with van der Waals surface area (Å²) in [6.07, 6.45) is 8.34. The van der Waals surface area contributed by atoms with Gasteiger partial charge < -0.3 is 15.0 Å². The van der Waals surface area contributed by atoms with Crippen LogP contribution in [0.5, 0.6) is 0 Å². The summed E-state index contributed by atoms with van der Waals surface area (Å²) in [6, 6.07) is 0. The monoisotopic (exact) mass is 296 g/mol. The van der Waals surface area contributed by atoms with Crippen molar-refractivity contribution in [2.24, 2.45) is 5.92 Å². The Kier molecular flexibility index (Phi) is 6.49. The van der Waals surface area contributed by atoms with Crippen LogP contribution in [-0.2, 0) is 14.3 Å². The lowest BCUT2D eigenvalue weighted by Gasteiger charge is -2.31. The number of carbonyl (C=O) groups excluding carboxylic acids is 2. The third kappa shape index (κ3) is 5.30. The molecule has 0 radical (unpaired) electrons. The summed E-state index contributed by atoms with van der Waals surface area (Å²) in [7, 11) is 0. The van der Waals surface area contributed by atoms with Gasteiger partial charge in [0.05, 0.1) is 18.6 Å². The Morgan fingerprint density at radius 2 is 1.90 bits per heavy atom. The number of piperidine rings is 1. The number of nitrogens with zero attached hydrogens (tertiary/aromatic N) is 1. The SMILES string of the molecule is CC(=O)N1CCC[C@@H](C(=O)NCCOC2CCCCC2)C1. The van der Waals surface area contributed by atoms with E-state index in [-0.39, 0.29) is 17.7 Å². The van der Waals surface area contributed by atoms with Gasteiger partial charge in [-0.3, -0.25) is 9.59 Å². The Labute approximate surface area is 127 Å². The van der Waals surface area contributed by atoms with Crippen LogP contribution in [0, 0.1) is 5.92 Å². The number of ether oxygens (including phenoxy) is 1. The van der Waals surface area contributed by atoms with Crippen LogP contribution in [0.25, 0.3) is 0 Å². The Bertz CT molecular complexity index is 353. The molecule has 120 valence electrons. The number of carbonyl (C=O) groups is 2. The van der Waals surface area contributed by atoms with Gasteiger partial charge in [0, 0.05) is 26.6 Å². The van der Waals surface area contributed by atoms with Gasteiger partial charge >= 0.3 is 0 Å². The van der Waals surface area contributed by atoms with E-state index in [4.69, 9.17) is 4.74 Å². The van der Waals surface area contributed by atoms with Crippen molar-refractivity contribution in [3.05, 3.63) is 0 Å². The maximum Gasteiger partial charge on any atom is 0.224 e. The molecule has 21 heavy (non-hydrogen) atoms. The van der Waals surface area contributed by atoms with Gasteiger partial charge in [-0.25, -0.2) is 0 Å². The molecule has 1 saturated heterocycles. The predicted molar refractivity (Wildman–Crippen MR) is 80.8 cm³/mol. The molecular formula is C16H28N2O3. The summed E-state index contributed by atoms with van der Waals surface area (Å²) in [5.74, 6) is 0.0682. The van der Waals surface area contributed by atoms with Crippen molar-refractivity contribution in [3.63, 3.8) is 0 Å². The van der Waals surface area contributed by atoms with Gasteiger partial charge in [0.15, 0.2) is 0 Å². The summed E-state index contributed by atoms with van der Waals surface area (Å²) in [5, 5.41) is 2.95. The molecule has 1 heterocycles. The maximum absolute atomic E-state index is 12.1. The minimum absolute atomic E-state index is 0.0580. The second kappa shape index (κ2) is 8.37. The second-order valence-electron chi connectivity index (χ2n) is 6.23. The molecule has 1 saturated carbocycles. The molecule has 0 aromatic carbocycles. The lowest BCUT2D eigenvalue weighted by Crippen LogP contribution is -2.45. The molecular weight excluding hydrogens is 268 g/mol. The van der Waals surface area contributed by atoms with E-state index in [1.807, 2.05) is 0 Å². The number of hydrogen-bond acceptors (Lipinski definition) is 3. The first-order valence-electron chi connectivity index (χ1n) is 8.31. The summed E-state index contributed by atoms with van der Waals surface area (Å²) >= 11 is 0. The highest BCUT2D eigenvalue weighted by atomic mass is 16.5. The molecule has 2 amide bonds. The van der Waals surface area contributed by atoms with Crippen LogP contribution in [0.15, 0.2) is 0 Å². The van der Waals surface area contributed by atoms with E-state index >= 15 is 0 Å². The molecule has 2 rings (SSSR count). The summed E-state index contributed by atoms with van der Waals surface area (Å²) in [4.78, 5) is 25.3. The lowest BCUT2D eigenvalue weighted by atomic mass is 9.97. The van der Waals surface area contributed by atoms with Crippen LogP contribution < -0.4 is 5.32 Å². The maximum atomic E-state index is 12.1. The molecule has 0 aromatic heterocycles. The van der Waals surface area contributed by atoms with Crippen molar-refractivity contribution in [2.45, 2.75) is 58.0 Å². The zero-order valence-corrected chi connectivity index (χ0v) is 13.1. The Balaban J connectivity index is 1.61. The highest BCUT2D eigenvalue weighted by molar-refractivity contribution is 5.80. The molecule has 1 atom stereocenters. The van der Waals surface area contributed by atoms with Crippen LogP contribution in [-0.4, -0.2) is 49.1 Å². The van der Waals surface area contributed by atoms with Crippen molar-refractivity contribution in [3.8, 4) is 0 Å². The van der Waals surface area contributed by atoms with Crippen molar-refractivity contribution >= 4 is 11.8 Å². The second-order valence-corrected chi connectivity index (χ2v) is 6.23. The summed E-state index contributed by atoms with van der Waals surface area (Å²) in [5.41, 5.74) is 0. The van der Waals surface area contributed by atoms with Crippen molar-refractivity contribution in [2.75, 3.05) is 26.2 Å². The molecule has 5 heteroatoms. The number of likely N-dealkylation sites (tertiary alicyclic amines) is 1. The topological polar surface area (TPSA) is 58.6 Å². The van der Waals surface area contributed by atoms with Gasteiger partial charge in [-0.2, -0.15) is 0 Å². The fourth-order valence-electron chi connectivity index (χ4n) is 3.25. The van der Waals surface area contributed by atoms with Crippen molar-refractivity contribution in [1.82, 2.24) is 10.2 Å². The number of hydrogen-bond donors (Lipinski definition) is 1. The van der Waals surface area contributed by atoms with E-state index in [0.29, 0.717) is 25.8 Å². The zero-order chi connectivity index (χ0) is 15.1. The molecule has 2 fully saturated rings. The molecule has 2 aliphatic rings. The molecule has 1 aliphatic carbocycles. The zero-order valence-electron chi connectivity index (χ0n) is 13.1. The highest BCUT2D eigenvalue weighted by Crippen LogP contribution is 2.20. The minimum atomic E-state index is -0.0580. The standard InChI is InChI=1S/C16H28N2O3/c1-13(19)18-10-5-6-14(12-18)16(20)17-9-11-21-15-7-3-2-4-8-15/h14-15H,2-12H2,1H3,(H,17,20)/t14-/m1/s1. The van der Waals surface area contributed by atoms with E-state index < -0.39 is 0 Å². The van der Waals surface area contributed by atoms with Gasteiger partial charge in [-0.15, -0.1) is 0 Å². The van der Waals surface area contributed by atoms with Gasteiger partial charge in [0.25, 0.3) is 0 Å². The van der Waals surface area contributed by atoms with E-state index in [1.165, 1.54) is 19.3 Å². The van der Waals surface area contributed by atoms with E-state index in [0.717, 1.165) is 32.2 Å². The Morgan fingerprint density at radius 1 is 1.14 bits per heavy atom. The largest absolute Gasteiger partial charge is 0.376 e. The molecule has 0 spiro atoms. The molecule has 5 nitrogen and oxygen atoms in total. The minimum Gasteiger partial charge on any atom is -0.376 e. The van der Waals surface area contributed by atoms with Crippen LogP contribution in [0.4, 0.5) is 0 Å². The lowest BCUT2D eigenvalue weighted by molar-refractivity contribution is -0.134. The fraction of sp³-hybridized carbons (Fsp3) is 0.875. The van der Waals surface area contributed by atoms with Crippen LogP contribution in [0.3, 0.4) is 0 Å². The van der Waals surface area contributed by atoms with Crippen molar-refractivity contribution < 1.29 is 14.3 Å². The van der Waals surface area contributed by atoms with Crippen LogP contribution in [0.1, 0.15) is 51.9 Å². The molecule has 0 bridgehead atoms. The summed E-state index contributed by atoms with van der Waals surface area (Å²) in [6.45, 7) is 4.08. The quantitative estimate of drug-likeness (QED) is 0.786. The first-order chi connectivity index (χ1) is 10.2. The average molecular weight is 296 g/mol. The molecule has 0 aromatic rings. The first kappa shape index (κ1) is 16.3. The van der Waals surface area contributed by atoms with E-state index in [1.54, 1.807) is 11.8 Å². The fourth-order valence-corrected chi connectivity index (χ4v) is 3.25. The first-order valence-corrected chi connectivity index (χ1v) is 8.31. The van der Waals surface area contributed by atoms with E-state index in [2.05, 4.69) is 5.32 Å². The van der Waals surface area contributed by atoms with Crippen LogP contribution in [0.2, 0.25) is 0 Å². The van der Waals surface area contributed by atoms with Crippen LogP contribution >= 0.6 is 0 Å². The molecule has 1 N–H and O–H groups in total. The Morgan fingerprint density at radius 3 is 2.62 bits per heavy atom. The van der Waals surface area contributed by atoms with Gasteiger partial charge in [0.1, 0.15) is 0 Å². The smallest absolute Gasteiger partial charge is 0.224 e. The average Bonchev–Trinajstić information content (AvgIpc) is 2.52. The Hall–Kier alpha value is -1.10. The van der Waals surface area contributed by atoms with Gasteiger partial charge in [0.2, 0.25) is 11.8 Å². The predicted octanol–water partition coefficient (Wildman–Crippen LogP) is 1.71. The normalized spacial score (nSPS) is 23.9. The van der Waals surface area contributed by atoms with Gasteiger partial charge in [-0.05, 0) is 25.7 Å². The summed E-state index contributed by atoms with van der Waals surface area (Å²) < 4.78 is 5.80. The number of nitrogens with one attached hydrogen (secondary N) is 1. The third-order valence-corrected chi connectivity index (χ3v) is 4.54. The number of rotatable bonds is 5. The molecule has 1 aliphatic heterocycles.